The van der Waals surface area contributed by atoms with Crippen molar-refractivity contribution in [3.8, 4) is 0 Å². The number of hydrogen-bond acceptors (Lipinski definition) is 4. The van der Waals surface area contributed by atoms with Gasteiger partial charge in [-0.1, -0.05) is 6.92 Å². The minimum Gasteiger partial charge on any atom is -0.393 e. The SMILES string of the molecule is CC1(c2nnc(C3(c4ccc(Br)s4)CC(O)C3)n2C2CC2)CC1. The van der Waals surface area contributed by atoms with Crippen LogP contribution in [-0.2, 0) is 10.8 Å². The lowest BCUT2D eigenvalue weighted by molar-refractivity contribution is 0.0334. The molecule has 1 N–H and O–H groups in total. The highest BCUT2D eigenvalue weighted by Crippen LogP contribution is 2.55. The zero-order valence-electron chi connectivity index (χ0n) is 13.1. The van der Waals surface area contributed by atoms with E-state index < -0.39 is 0 Å². The summed E-state index contributed by atoms with van der Waals surface area (Å²) >= 11 is 5.35. The van der Waals surface area contributed by atoms with Crippen molar-refractivity contribution < 1.29 is 5.11 Å². The Bertz CT molecular complexity index is 769. The lowest BCUT2D eigenvalue weighted by atomic mass is 9.65. The van der Waals surface area contributed by atoms with E-state index in [1.54, 1.807) is 11.3 Å². The van der Waals surface area contributed by atoms with Gasteiger partial charge in [0.1, 0.15) is 11.6 Å². The van der Waals surface area contributed by atoms with E-state index in [1.165, 1.54) is 36.4 Å². The van der Waals surface area contributed by atoms with Gasteiger partial charge < -0.3 is 9.67 Å². The summed E-state index contributed by atoms with van der Waals surface area (Å²) in [5.41, 5.74) is 0.0859. The summed E-state index contributed by atoms with van der Waals surface area (Å²) in [5.74, 6) is 2.29. The normalized spacial score (nSPS) is 31.9. The summed E-state index contributed by atoms with van der Waals surface area (Å²) < 4.78 is 3.59. The van der Waals surface area contributed by atoms with Gasteiger partial charge in [-0.05, 0) is 66.6 Å². The molecule has 0 bridgehead atoms. The van der Waals surface area contributed by atoms with Crippen molar-refractivity contribution in [3.05, 3.63) is 32.4 Å². The molecule has 3 saturated carbocycles. The van der Waals surface area contributed by atoms with E-state index >= 15 is 0 Å². The molecule has 0 radical (unpaired) electrons. The number of halogens is 1. The first-order valence-electron chi connectivity index (χ1n) is 8.42. The summed E-state index contributed by atoms with van der Waals surface area (Å²) in [6, 6.07) is 4.86. The van der Waals surface area contributed by atoms with Crippen LogP contribution < -0.4 is 0 Å². The topological polar surface area (TPSA) is 50.9 Å². The van der Waals surface area contributed by atoms with Gasteiger partial charge in [-0.2, -0.15) is 0 Å². The number of thiophene rings is 1. The second-order valence-electron chi connectivity index (χ2n) is 7.76. The predicted octanol–water partition coefficient (Wildman–Crippen LogP) is 3.93. The molecule has 2 heterocycles. The van der Waals surface area contributed by atoms with Crippen molar-refractivity contribution in [2.24, 2.45) is 0 Å². The molecule has 0 aliphatic heterocycles. The van der Waals surface area contributed by atoms with Crippen LogP contribution in [0.3, 0.4) is 0 Å². The van der Waals surface area contributed by atoms with Crippen molar-refractivity contribution in [2.45, 2.75) is 68.4 Å². The van der Waals surface area contributed by atoms with E-state index in [0.717, 1.165) is 22.5 Å². The van der Waals surface area contributed by atoms with Gasteiger partial charge in [-0.3, -0.25) is 0 Å². The third kappa shape index (κ3) is 2.11. The van der Waals surface area contributed by atoms with Gasteiger partial charge in [0.05, 0.1) is 15.3 Å². The van der Waals surface area contributed by atoms with E-state index in [2.05, 4.69) is 44.7 Å². The van der Waals surface area contributed by atoms with Crippen molar-refractivity contribution in [1.29, 1.82) is 0 Å². The monoisotopic (exact) mass is 393 g/mol. The van der Waals surface area contributed by atoms with E-state index in [4.69, 9.17) is 5.10 Å². The fourth-order valence-electron chi connectivity index (χ4n) is 3.93. The van der Waals surface area contributed by atoms with Crippen molar-refractivity contribution in [1.82, 2.24) is 14.8 Å². The van der Waals surface area contributed by atoms with Gasteiger partial charge in [0.2, 0.25) is 0 Å². The Labute approximate surface area is 148 Å². The summed E-state index contributed by atoms with van der Waals surface area (Å²) in [6.07, 6.45) is 6.22. The van der Waals surface area contributed by atoms with Gasteiger partial charge in [0, 0.05) is 16.3 Å². The first-order chi connectivity index (χ1) is 11.0. The van der Waals surface area contributed by atoms with Gasteiger partial charge in [-0.15, -0.1) is 21.5 Å². The van der Waals surface area contributed by atoms with Crippen LogP contribution in [0.5, 0.6) is 0 Å². The lowest BCUT2D eigenvalue weighted by Gasteiger charge is -2.44. The van der Waals surface area contributed by atoms with Crippen LogP contribution in [-0.4, -0.2) is 26.0 Å². The molecule has 23 heavy (non-hydrogen) atoms. The van der Waals surface area contributed by atoms with Crippen molar-refractivity contribution in [2.75, 3.05) is 0 Å². The number of hydrogen-bond donors (Lipinski definition) is 1. The molecular weight excluding hydrogens is 374 g/mol. The Morgan fingerprint density at radius 3 is 2.43 bits per heavy atom. The molecule has 0 amide bonds. The fraction of sp³-hybridized carbons (Fsp3) is 0.647. The van der Waals surface area contributed by atoms with Crippen molar-refractivity contribution in [3.63, 3.8) is 0 Å². The molecule has 122 valence electrons. The first-order valence-corrected chi connectivity index (χ1v) is 10.0. The summed E-state index contributed by atoms with van der Waals surface area (Å²) in [4.78, 5) is 1.30. The smallest absolute Gasteiger partial charge is 0.145 e. The summed E-state index contributed by atoms with van der Waals surface area (Å²) in [5, 5.41) is 19.4. The predicted molar refractivity (Wildman–Crippen MR) is 92.9 cm³/mol. The zero-order valence-corrected chi connectivity index (χ0v) is 15.5. The van der Waals surface area contributed by atoms with Gasteiger partial charge in [0.25, 0.3) is 0 Å². The van der Waals surface area contributed by atoms with Gasteiger partial charge in [0.15, 0.2) is 0 Å². The molecule has 0 saturated heterocycles. The average molecular weight is 394 g/mol. The molecule has 3 fully saturated rings. The van der Waals surface area contributed by atoms with Crippen molar-refractivity contribution >= 4 is 27.3 Å². The van der Waals surface area contributed by atoms with E-state index in [1.807, 2.05) is 0 Å². The molecule has 3 aliphatic carbocycles. The van der Waals surface area contributed by atoms with Gasteiger partial charge >= 0.3 is 0 Å². The Morgan fingerprint density at radius 2 is 1.91 bits per heavy atom. The van der Waals surface area contributed by atoms with Crippen LogP contribution in [0, 0.1) is 0 Å². The summed E-state index contributed by atoms with van der Waals surface area (Å²) in [7, 11) is 0. The highest BCUT2D eigenvalue weighted by molar-refractivity contribution is 9.11. The Balaban J connectivity index is 1.66. The zero-order chi connectivity index (χ0) is 15.8. The quantitative estimate of drug-likeness (QED) is 0.855. The maximum Gasteiger partial charge on any atom is 0.145 e. The molecule has 0 unspecified atom stereocenters. The van der Waals surface area contributed by atoms with E-state index in [-0.39, 0.29) is 16.9 Å². The van der Waals surface area contributed by atoms with Crippen LogP contribution in [0.4, 0.5) is 0 Å². The standard InChI is InChI=1S/C17H20BrN3OS/c1-16(6-7-16)14-19-20-15(21(14)10-2-3-10)17(8-11(22)9-17)12-4-5-13(18)23-12/h4-5,10-11,22H,2-3,6-9H2,1H3. The van der Waals surface area contributed by atoms with Gasteiger partial charge in [-0.25, -0.2) is 0 Å². The lowest BCUT2D eigenvalue weighted by Crippen LogP contribution is -2.47. The van der Waals surface area contributed by atoms with Crippen LogP contribution in [0.2, 0.25) is 0 Å². The number of aliphatic hydroxyl groups excluding tert-OH is 1. The molecular formula is C17H20BrN3OS. The Hall–Kier alpha value is -0.720. The Morgan fingerprint density at radius 1 is 1.22 bits per heavy atom. The molecule has 2 aromatic rings. The molecule has 0 spiro atoms. The average Bonchev–Trinajstić information content (AvgIpc) is 3.38. The van der Waals surface area contributed by atoms with Crippen LogP contribution in [0.25, 0.3) is 0 Å². The molecule has 3 aliphatic rings. The number of aromatic nitrogens is 3. The maximum atomic E-state index is 10.1. The largest absolute Gasteiger partial charge is 0.393 e. The number of nitrogens with zero attached hydrogens (tertiary/aromatic N) is 3. The molecule has 4 nitrogen and oxygen atoms in total. The highest BCUT2D eigenvalue weighted by atomic mass is 79.9. The van der Waals surface area contributed by atoms with E-state index in [0.29, 0.717) is 6.04 Å². The third-order valence-electron chi connectivity index (χ3n) is 5.79. The minimum atomic E-state index is -0.222. The third-order valence-corrected chi connectivity index (χ3v) is 7.62. The van der Waals surface area contributed by atoms with Crippen LogP contribution >= 0.6 is 27.3 Å². The van der Waals surface area contributed by atoms with E-state index in [9.17, 15) is 5.11 Å². The first kappa shape index (κ1) is 14.6. The highest BCUT2D eigenvalue weighted by Gasteiger charge is 2.54. The molecule has 2 aromatic heterocycles. The maximum absolute atomic E-state index is 10.1. The minimum absolute atomic E-state index is 0.144. The fourth-order valence-corrected chi connectivity index (χ4v) is 5.52. The Kier molecular flexibility index (Phi) is 2.97. The molecule has 6 heteroatoms. The number of aliphatic hydroxyl groups is 1. The second-order valence-corrected chi connectivity index (χ2v) is 10.2. The van der Waals surface area contributed by atoms with Crippen LogP contribution in [0.1, 0.15) is 68.0 Å². The number of rotatable bonds is 4. The molecule has 0 atom stereocenters. The second kappa shape index (κ2) is 4.67. The van der Waals surface area contributed by atoms with Crippen LogP contribution in [0.15, 0.2) is 15.9 Å². The molecule has 5 rings (SSSR count). The molecule has 0 aromatic carbocycles. The summed E-state index contributed by atoms with van der Waals surface area (Å²) in [6.45, 7) is 2.31.